The molecule has 0 aromatic heterocycles. The molecule has 0 aliphatic carbocycles. The van der Waals surface area contributed by atoms with Crippen LogP contribution in [0, 0.1) is 20.8 Å². The van der Waals surface area contributed by atoms with E-state index >= 15 is 0 Å². The molecule has 0 aliphatic heterocycles. The van der Waals surface area contributed by atoms with E-state index in [-0.39, 0.29) is 5.91 Å². The number of benzene rings is 2. The Morgan fingerprint density at radius 3 is 2.38 bits per heavy atom. The van der Waals surface area contributed by atoms with Crippen LogP contribution >= 0.6 is 0 Å². The molecule has 0 aliphatic rings. The zero-order valence-corrected chi connectivity index (χ0v) is 15.0. The molecular formula is C20H25NO3. The van der Waals surface area contributed by atoms with Gasteiger partial charge in [0.15, 0.2) is 11.5 Å². The Hall–Kier alpha value is -2.49. The first kappa shape index (κ1) is 17.9. The van der Waals surface area contributed by atoms with E-state index in [4.69, 9.17) is 9.47 Å². The van der Waals surface area contributed by atoms with Crippen LogP contribution in [0.5, 0.6) is 11.5 Å². The van der Waals surface area contributed by atoms with Gasteiger partial charge >= 0.3 is 0 Å². The summed E-state index contributed by atoms with van der Waals surface area (Å²) >= 11 is 0. The van der Waals surface area contributed by atoms with Crippen LogP contribution in [0.1, 0.15) is 39.5 Å². The smallest absolute Gasteiger partial charge is 0.251 e. The Bertz CT molecular complexity index is 738. The maximum Gasteiger partial charge on any atom is 0.251 e. The molecule has 4 nitrogen and oxygen atoms in total. The highest BCUT2D eigenvalue weighted by Crippen LogP contribution is 2.28. The fraction of sp³-hybridized carbons (Fsp3) is 0.350. The maximum absolute atomic E-state index is 12.5. The zero-order valence-electron chi connectivity index (χ0n) is 15.0. The molecule has 0 spiro atoms. The van der Waals surface area contributed by atoms with Crippen molar-refractivity contribution in [3.8, 4) is 11.5 Å². The number of aryl methyl sites for hydroxylation is 3. The number of carbonyl (C=O) groups is 1. The lowest BCUT2D eigenvalue weighted by molar-refractivity contribution is 0.0950. The topological polar surface area (TPSA) is 47.6 Å². The summed E-state index contributed by atoms with van der Waals surface area (Å²) in [6.07, 6.45) is 0. The van der Waals surface area contributed by atoms with Crippen molar-refractivity contribution in [3.63, 3.8) is 0 Å². The van der Waals surface area contributed by atoms with Crippen LogP contribution < -0.4 is 14.8 Å². The van der Waals surface area contributed by atoms with E-state index in [1.54, 1.807) is 7.11 Å². The van der Waals surface area contributed by atoms with Gasteiger partial charge in [-0.3, -0.25) is 4.79 Å². The van der Waals surface area contributed by atoms with Crippen LogP contribution in [-0.2, 0) is 6.54 Å². The number of rotatable bonds is 6. The van der Waals surface area contributed by atoms with Crippen LogP contribution in [-0.4, -0.2) is 19.6 Å². The third kappa shape index (κ3) is 4.07. The molecule has 0 bridgehead atoms. The third-order valence-electron chi connectivity index (χ3n) is 4.07. The van der Waals surface area contributed by atoms with Gasteiger partial charge in [0.1, 0.15) is 0 Å². The molecule has 1 amide bonds. The van der Waals surface area contributed by atoms with Gasteiger partial charge in [-0.2, -0.15) is 0 Å². The van der Waals surface area contributed by atoms with Gasteiger partial charge in [0.2, 0.25) is 0 Å². The highest BCUT2D eigenvalue weighted by Gasteiger charge is 2.11. The first-order valence-corrected chi connectivity index (χ1v) is 8.12. The van der Waals surface area contributed by atoms with Crippen LogP contribution in [0.25, 0.3) is 0 Å². The van der Waals surface area contributed by atoms with Gasteiger partial charge in [-0.15, -0.1) is 0 Å². The molecule has 1 N–H and O–H groups in total. The van der Waals surface area contributed by atoms with Crippen LogP contribution in [0.3, 0.4) is 0 Å². The molecule has 0 radical (unpaired) electrons. The van der Waals surface area contributed by atoms with Crippen molar-refractivity contribution in [2.45, 2.75) is 34.2 Å². The van der Waals surface area contributed by atoms with E-state index in [1.165, 1.54) is 5.56 Å². The van der Waals surface area contributed by atoms with Crippen molar-refractivity contribution in [2.24, 2.45) is 0 Å². The van der Waals surface area contributed by atoms with Crippen LogP contribution in [0.2, 0.25) is 0 Å². The van der Waals surface area contributed by atoms with E-state index in [2.05, 4.69) is 12.2 Å². The molecule has 2 aromatic carbocycles. The summed E-state index contributed by atoms with van der Waals surface area (Å²) < 4.78 is 10.8. The first-order chi connectivity index (χ1) is 11.5. The second kappa shape index (κ2) is 7.86. The third-order valence-corrected chi connectivity index (χ3v) is 4.07. The summed E-state index contributed by atoms with van der Waals surface area (Å²) in [6, 6.07) is 9.67. The van der Waals surface area contributed by atoms with Gasteiger partial charge in [-0.1, -0.05) is 12.1 Å². The second-order valence-corrected chi connectivity index (χ2v) is 5.85. The Labute approximate surface area is 143 Å². The molecule has 4 heteroatoms. The van der Waals surface area contributed by atoms with E-state index in [0.717, 1.165) is 22.3 Å². The number of hydrogen-bond donors (Lipinski definition) is 1. The number of hydrogen-bond acceptors (Lipinski definition) is 3. The SMILES string of the molecule is CCOc1cc(CNC(=O)c2cc(C)c(C)cc2C)ccc1OC. The highest BCUT2D eigenvalue weighted by atomic mass is 16.5. The second-order valence-electron chi connectivity index (χ2n) is 5.85. The van der Waals surface area contributed by atoms with Gasteiger partial charge in [-0.25, -0.2) is 0 Å². The lowest BCUT2D eigenvalue weighted by atomic mass is 10.0. The van der Waals surface area contributed by atoms with Crippen molar-refractivity contribution in [2.75, 3.05) is 13.7 Å². The monoisotopic (exact) mass is 327 g/mol. The quantitative estimate of drug-likeness (QED) is 0.874. The molecule has 2 rings (SSSR count). The van der Waals surface area contributed by atoms with Gasteiger partial charge in [0.25, 0.3) is 5.91 Å². The van der Waals surface area contributed by atoms with Crippen LogP contribution in [0.4, 0.5) is 0 Å². The van der Waals surface area contributed by atoms with E-state index < -0.39 is 0 Å². The van der Waals surface area contributed by atoms with E-state index in [1.807, 2.05) is 51.1 Å². The molecule has 0 saturated carbocycles. The van der Waals surface area contributed by atoms with Crippen molar-refractivity contribution in [3.05, 3.63) is 58.1 Å². The van der Waals surface area contributed by atoms with Gasteiger partial charge < -0.3 is 14.8 Å². The van der Waals surface area contributed by atoms with Crippen molar-refractivity contribution in [1.82, 2.24) is 5.32 Å². The number of amides is 1. The van der Waals surface area contributed by atoms with Crippen molar-refractivity contribution < 1.29 is 14.3 Å². The van der Waals surface area contributed by atoms with Crippen LogP contribution in [0.15, 0.2) is 30.3 Å². The lowest BCUT2D eigenvalue weighted by Gasteiger charge is -2.13. The van der Waals surface area contributed by atoms with Crippen molar-refractivity contribution >= 4 is 5.91 Å². The highest BCUT2D eigenvalue weighted by molar-refractivity contribution is 5.95. The summed E-state index contributed by atoms with van der Waals surface area (Å²) in [5.41, 5.74) is 4.99. The first-order valence-electron chi connectivity index (χ1n) is 8.12. The lowest BCUT2D eigenvalue weighted by Crippen LogP contribution is -2.23. The number of ether oxygens (including phenoxy) is 2. The number of carbonyl (C=O) groups excluding carboxylic acids is 1. The summed E-state index contributed by atoms with van der Waals surface area (Å²) in [5.74, 6) is 1.32. The Morgan fingerprint density at radius 2 is 1.71 bits per heavy atom. The Morgan fingerprint density at radius 1 is 1.00 bits per heavy atom. The Kier molecular flexibility index (Phi) is 5.85. The van der Waals surface area contributed by atoms with Crippen molar-refractivity contribution in [1.29, 1.82) is 0 Å². The largest absolute Gasteiger partial charge is 0.493 e. The Balaban J connectivity index is 2.12. The summed E-state index contributed by atoms with van der Waals surface area (Å²) in [6.45, 7) is 8.96. The zero-order chi connectivity index (χ0) is 17.7. The van der Waals surface area contributed by atoms with Gasteiger partial charge in [0, 0.05) is 12.1 Å². The molecule has 2 aromatic rings. The molecule has 24 heavy (non-hydrogen) atoms. The normalized spacial score (nSPS) is 10.4. The molecule has 0 fully saturated rings. The molecule has 128 valence electrons. The predicted octanol–water partition coefficient (Wildman–Crippen LogP) is 3.95. The fourth-order valence-electron chi connectivity index (χ4n) is 2.58. The van der Waals surface area contributed by atoms with E-state index in [9.17, 15) is 4.79 Å². The fourth-order valence-corrected chi connectivity index (χ4v) is 2.58. The maximum atomic E-state index is 12.5. The standard InChI is InChI=1S/C20H25NO3/c1-6-24-19-11-16(7-8-18(19)23-5)12-21-20(22)17-10-14(3)13(2)9-15(17)4/h7-11H,6,12H2,1-5H3,(H,21,22). The number of methoxy groups -OCH3 is 1. The molecular weight excluding hydrogens is 302 g/mol. The molecule has 0 saturated heterocycles. The summed E-state index contributed by atoms with van der Waals surface area (Å²) in [5, 5.41) is 2.97. The molecule has 0 unspecified atom stereocenters. The van der Waals surface area contributed by atoms with Gasteiger partial charge in [0.05, 0.1) is 13.7 Å². The minimum Gasteiger partial charge on any atom is -0.493 e. The molecule has 0 heterocycles. The molecule has 0 atom stereocenters. The summed E-state index contributed by atoms with van der Waals surface area (Å²) in [7, 11) is 1.61. The minimum atomic E-state index is -0.0654. The van der Waals surface area contributed by atoms with E-state index in [0.29, 0.717) is 24.7 Å². The average molecular weight is 327 g/mol. The number of nitrogens with one attached hydrogen (secondary N) is 1. The van der Waals surface area contributed by atoms with Gasteiger partial charge in [-0.05, 0) is 68.1 Å². The average Bonchev–Trinajstić information content (AvgIpc) is 2.56. The predicted molar refractivity (Wildman–Crippen MR) is 96.0 cm³/mol. The summed E-state index contributed by atoms with van der Waals surface area (Å²) in [4.78, 5) is 12.5. The minimum absolute atomic E-state index is 0.0654.